The molecular formula is C13H15N3. The summed E-state index contributed by atoms with van der Waals surface area (Å²) in [6, 6.07) is 8.22. The van der Waals surface area contributed by atoms with Crippen molar-refractivity contribution in [1.29, 1.82) is 0 Å². The number of rotatable bonds is 3. The molecule has 0 saturated heterocycles. The van der Waals surface area contributed by atoms with Crippen LogP contribution in [0.4, 0.5) is 0 Å². The molecule has 3 heteroatoms. The summed E-state index contributed by atoms with van der Waals surface area (Å²) in [7, 11) is 1.93. The fraction of sp³-hybridized carbons (Fsp3) is 0.231. The maximum atomic E-state index is 4.50. The van der Waals surface area contributed by atoms with E-state index >= 15 is 0 Å². The topological polar surface area (TPSA) is 37.8 Å². The van der Waals surface area contributed by atoms with Crippen molar-refractivity contribution in [3.63, 3.8) is 0 Å². The molecule has 1 heterocycles. The molecular weight excluding hydrogens is 198 g/mol. The third-order valence-electron chi connectivity index (χ3n) is 2.48. The van der Waals surface area contributed by atoms with Gasteiger partial charge >= 0.3 is 0 Å². The molecule has 82 valence electrons. The zero-order valence-electron chi connectivity index (χ0n) is 9.51. The maximum Gasteiger partial charge on any atom is 0.0894 e. The number of hydrogen-bond acceptors (Lipinski definition) is 3. The van der Waals surface area contributed by atoms with E-state index in [9.17, 15) is 0 Å². The maximum absolute atomic E-state index is 4.50. The van der Waals surface area contributed by atoms with Gasteiger partial charge in [-0.15, -0.1) is 0 Å². The van der Waals surface area contributed by atoms with Gasteiger partial charge in [0, 0.05) is 6.04 Å². The normalized spacial score (nSPS) is 13.4. The molecule has 0 saturated carbocycles. The second-order valence-corrected chi connectivity index (χ2v) is 3.72. The first-order valence-electron chi connectivity index (χ1n) is 5.37. The van der Waals surface area contributed by atoms with Crippen LogP contribution in [0.5, 0.6) is 0 Å². The van der Waals surface area contributed by atoms with E-state index in [1.54, 1.807) is 6.20 Å². The van der Waals surface area contributed by atoms with E-state index in [4.69, 9.17) is 0 Å². The van der Waals surface area contributed by atoms with E-state index in [2.05, 4.69) is 28.3 Å². The van der Waals surface area contributed by atoms with E-state index in [1.807, 2.05) is 37.4 Å². The minimum atomic E-state index is 0.341. The van der Waals surface area contributed by atoms with Crippen LogP contribution in [0.3, 0.4) is 0 Å². The number of fused-ring (bicyclic) bond motifs is 1. The predicted molar refractivity (Wildman–Crippen MR) is 67.1 cm³/mol. The van der Waals surface area contributed by atoms with Crippen LogP contribution in [0, 0.1) is 0 Å². The van der Waals surface area contributed by atoms with Gasteiger partial charge in [-0.3, -0.25) is 4.98 Å². The molecule has 3 nitrogen and oxygen atoms in total. The molecule has 2 rings (SSSR count). The van der Waals surface area contributed by atoms with Crippen molar-refractivity contribution in [2.24, 2.45) is 0 Å². The summed E-state index contributed by atoms with van der Waals surface area (Å²) in [5.41, 5.74) is 2.75. The monoisotopic (exact) mass is 213 g/mol. The Kier molecular flexibility index (Phi) is 3.27. The summed E-state index contributed by atoms with van der Waals surface area (Å²) in [5, 5.41) is 3.14. The first-order valence-corrected chi connectivity index (χ1v) is 5.37. The Labute approximate surface area is 95.2 Å². The molecule has 0 spiro atoms. The molecule has 1 atom stereocenters. The zero-order chi connectivity index (χ0) is 11.4. The van der Waals surface area contributed by atoms with Gasteiger partial charge in [0.15, 0.2) is 0 Å². The van der Waals surface area contributed by atoms with Crippen molar-refractivity contribution in [1.82, 2.24) is 15.3 Å². The molecule has 0 aliphatic rings. The number of para-hydroxylation sites is 2. The van der Waals surface area contributed by atoms with Gasteiger partial charge in [0.2, 0.25) is 0 Å². The first-order chi connectivity index (χ1) is 7.79. The minimum absolute atomic E-state index is 0.341. The molecule has 16 heavy (non-hydrogen) atoms. The van der Waals surface area contributed by atoms with E-state index in [1.165, 1.54) is 0 Å². The standard InChI is InChI=1S/C13H15N3/c1-10(14-2)7-8-11-9-15-12-5-3-4-6-13(12)16-11/h3-10,14H,1-2H3/b8-7+. The Balaban J connectivity index is 2.29. The van der Waals surface area contributed by atoms with Gasteiger partial charge in [-0.05, 0) is 32.2 Å². The quantitative estimate of drug-likeness (QED) is 0.849. The molecule has 0 bridgehead atoms. The number of benzene rings is 1. The van der Waals surface area contributed by atoms with Gasteiger partial charge < -0.3 is 5.32 Å². The van der Waals surface area contributed by atoms with Gasteiger partial charge in [-0.25, -0.2) is 4.98 Å². The lowest BCUT2D eigenvalue weighted by atomic mass is 10.2. The molecule has 1 unspecified atom stereocenters. The first kappa shape index (κ1) is 10.8. The highest BCUT2D eigenvalue weighted by Crippen LogP contribution is 2.09. The van der Waals surface area contributed by atoms with Crippen LogP contribution < -0.4 is 5.32 Å². The van der Waals surface area contributed by atoms with Crippen LogP contribution in [0.25, 0.3) is 17.1 Å². The van der Waals surface area contributed by atoms with Crippen LogP contribution in [-0.2, 0) is 0 Å². The van der Waals surface area contributed by atoms with Gasteiger partial charge in [-0.1, -0.05) is 18.2 Å². The van der Waals surface area contributed by atoms with Crippen molar-refractivity contribution in [2.75, 3.05) is 7.05 Å². The molecule has 0 amide bonds. The Morgan fingerprint density at radius 3 is 2.75 bits per heavy atom. The number of hydrogen-bond donors (Lipinski definition) is 1. The summed E-state index contributed by atoms with van der Waals surface area (Å²) in [6.07, 6.45) is 5.85. The molecule has 0 fully saturated rings. The average Bonchev–Trinajstić information content (AvgIpc) is 2.35. The fourth-order valence-electron chi connectivity index (χ4n) is 1.39. The second kappa shape index (κ2) is 4.86. The highest BCUT2D eigenvalue weighted by Gasteiger charge is 1.96. The Morgan fingerprint density at radius 1 is 1.25 bits per heavy atom. The van der Waals surface area contributed by atoms with Gasteiger partial charge in [0.05, 0.1) is 22.9 Å². The highest BCUT2D eigenvalue weighted by atomic mass is 14.8. The molecule has 2 aromatic rings. The van der Waals surface area contributed by atoms with Crippen LogP contribution in [-0.4, -0.2) is 23.1 Å². The summed E-state index contributed by atoms with van der Waals surface area (Å²) < 4.78 is 0. The largest absolute Gasteiger partial charge is 0.314 e. The van der Waals surface area contributed by atoms with Crippen LogP contribution >= 0.6 is 0 Å². The Hall–Kier alpha value is -1.74. The van der Waals surface area contributed by atoms with E-state index < -0.39 is 0 Å². The summed E-state index contributed by atoms with van der Waals surface area (Å²) in [4.78, 5) is 8.86. The lowest BCUT2D eigenvalue weighted by Crippen LogP contribution is -2.17. The van der Waals surface area contributed by atoms with Crippen molar-refractivity contribution < 1.29 is 0 Å². The van der Waals surface area contributed by atoms with Crippen LogP contribution in [0.15, 0.2) is 36.5 Å². The molecule has 0 aliphatic heterocycles. The fourth-order valence-corrected chi connectivity index (χ4v) is 1.39. The zero-order valence-corrected chi connectivity index (χ0v) is 9.51. The van der Waals surface area contributed by atoms with Crippen molar-refractivity contribution in [2.45, 2.75) is 13.0 Å². The summed E-state index contributed by atoms with van der Waals surface area (Å²) >= 11 is 0. The third-order valence-corrected chi connectivity index (χ3v) is 2.48. The second-order valence-electron chi connectivity index (χ2n) is 3.72. The van der Waals surface area contributed by atoms with Crippen molar-refractivity contribution in [3.8, 4) is 0 Å². The summed E-state index contributed by atoms with van der Waals surface area (Å²) in [5.74, 6) is 0. The SMILES string of the molecule is CNC(C)/C=C/c1cnc2ccccc2n1. The minimum Gasteiger partial charge on any atom is -0.314 e. The van der Waals surface area contributed by atoms with E-state index in [0.29, 0.717) is 6.04 Å². The number of aromatic nitrogens is 2. The Morgan fingerprint density at radius 2 is 2.00 bits per heavy atom. The van der Waals surface area contributed by atoms with Gasteiger partial charge in [0.25, 0.3) is 0 Å². The molecule has 0 radical (unpaired) electrons. The van der Waals surface area contributed by atoms with Gasteiger partial charge in [0.1, 0.15) is 0 Å². The molecule has 1 aromatic carbocycles. The number of likely N-dealkylation sites (N-methyl/N-ethyl adjacent to an activating group) is 1. The Bertz CT molecular complexity index is 505. The lowest BCUT2D eigenvalue weighted by Gasteiger charge is -2.02. The highest BCUT2D eigenvalue weighted by molar-refractivity contribution is 5.74. The summed E-state index contributed by atoms with van der Waals surface area (Å²) in [6.45, 7) is 2.09. The lowest BCUT2D eigenvalue weighted by molar-refractivity contribution is 0.731. The van der Waals surface area contributed by atoms with Crippen LogP contribution in [0.1, 0.15) is 12.6 Å². The molecule has 0 aliphatic carbocycles. The smallest absolute Gasteiger partial charge is 0.0894 e. The third kappa shape index (κ3) is 2.44. The predicted octanol–water partition coefficient (Wildman–Crippen LogP) is 2.25. The number of nitrogens with one attached hydrogen (secondary N) is 1. The van der Waals surface area contributed by atoms with E-state index in [0.717, 1.165) is 16.7 Å². The van der Waals surface area contributed by atoms with Gasteiger partial charge in [-0.2, -0.15) is 0 Å². The van der Waals surface area contributed by atoms with Crippen LogP contribution in [0.2, 0.25) is 0 Å². The average molecular weight is 213 g/mol. The molecule has 1 aromatic heterocycles. The van der Waals surface area contributed by atoms with Crippen molar-refractivity contribution in [3.05, 3.63) is 42.2 Å². The molecule has 1 N–H and O–H groups in total. The van der Waals surface area contributed by atoms with E-state index in [-0.39, 0.29) is 0 Å². The number of nitrogens with zero attached hydrogens (tertiary/aromatic N) is 2. The van der Waals surface area contributed by atoms with Crippen molar-refractivity contribution >= 4 is 17.1 Å².